The Balaban J connectivity index is 2.70. The molecule has 7 N–H and O–H groups in total. The summed E-state index contributed by atoms with van der Waals surface area (Å²) in [5, 5.41) is 41.2. The number of aliphatic hydroxyl groups excluding tert-OH is 4. The van der Waals surface area contributed by atoms with Gasteiger partial charge in [0.1, 0.15) is 43.2 Å². The zero-order valence-electron chi connectivity index (χ0n) is 38.6. The van der Waals surface area contributed by atoms with Crippen molar-refractivity contribution in [1.82, 2.24) is 0 Å². The lowest BCUT2D eigenvalue weighted by molar-refractivity contribution is -0.216. The number of ether oxygens (including phenoxy) is 2. The quantitative estimate of drug-likeness (QED) is 0.00781. The van der Waals surface area contributed by atoms with E-state index in [1.54, 1.807) is 12.2 Å². The van der Waals surface area contributed by atoms with Crippen molar-refractivity contribution in [3.8, 4) is 0 Å². The minimum atomic E-state index is -5.38. The van der Waals surface area contributed by atoms with Crippen molar-refractivity contribution in [2.75, 3.05) is 13.2 Å². The summed E-state index contributed by atoms with van der Waals surface area (Å²) >= 11 is 0. The van der Waals surface area contributed by atoms with Gasteiger partial charge in [0, 0.05) is 19.3 Å². The van der Waals surface area contributed by atoms with Crippen LogP contribution in [0.3, 0.4) is 0 Å². The highest BCUT2D eigenvalue weighted by Gasteiger charge is 2.54. The normalized spacial score (nSPS) is 22.2. The number of phosphoric acid groups is 2. The fourth-order valence-corrected chi connectivity index (χ4v) is 7.81. The van der Waals surface area contributed by atoms with E-state index in [9.17, 15) is 48.8 Å². The molecule has 0 spiro atoms. The molecule has 8 atom stereocenters. The Morgan fingerprint density at radius 3 is 1.59 bits per heavy atom. The first kappa shape index (κ1) is 60.9. The van der Waals surface area contributed by atoms with E-state index in [4.69, 9.17) is 28.3 Å². The van der Waals surface area contributed by atoms with Gasteiger partial charge in [0.2, 0.25) is 0 Å². The van der Waals surface area contributed by atoms with E-state index < -0.39 is 83.5 Å². The predicted molar refractivity (Wildman–Crippen MR) is 250 cm³/mol. The van der Waals surface area contributed by atoms with Crippen LogP contribution in [0.1, 0.15) is 136 Å². The van der Waals surface area contributed by atoms with Crippen LogP contribution in [0.4, 0.5) is 0 Å². The van der Waals surface area contributed by atoms with Crippen LogP contribution in [-0.4, -0.2) is 109 Å². The van der Waals surface area contributed by atoms with Gasteiger partial charge in [-0.1, -0.05) is 119 Å². The van der Waals surface area contributed by atoms with E-state index in [1.165, 1.54) is 19.3 Å². The minimum Gasteiger partial charge on any atom is -0.462 e. The highest BCUT2D eigenvalue weighted by molar-refractivity contribution is 7.47. The summed E-state index contributed by atoms with van der Waals surface area (Å²) in [4.78, 5) is 65.9. The molecular weight excluding hydrogens is 898 g/mol. The summed E-state index contributed by atoms with van der Waals surface area (Å²) in [6.45, 7) is 2.82. The summed E-state index contributed by atoms with van der Waals surface area (Å²) in [6, 6.07) is 0. The number of carbonyl (C=O) groups excluding carboxylic acids is 3. The topological polar surface area (TPSA) is 273 Å². The summed E-state index contributed by atoms with van der Waals surface area (Å²) in [6.07, 6.45) is 26.8. The fourth-order valence-electron chi connectivity index (χ4n) is 6.27. The molecule has 0 aromatic carbocycles. The van der Waals surface area contributed by atoms with Gasteiger partial charge in [0.15, 0.2) is 11.9 Å². The number of unbranched alkanes of at least 4 members (excludes halogenated alkanes) is 8. The molecule has 1 aliphatic rings. The molecule has 0 aliphatic heterocycles. The van der Waals surface area contributed by atoms with E-state index >= 15 is 0 Å². The maximum Gasteiger partial charge on any atom is 0.472 e. The number of phosphoric ester groups is 2. The van der Waals surface area contributed by atoms with Gasteiger partial charge in [-0.2, -0.15) is 0 Å². The van der Waals surface area contributed by atoms with E-state index in [0.717, 1.165) is 44.9 Å². The number of hydrogen-bond acceptors (Lipinski definition) is 14. The predicted octanol–water partition coefficient (Wildman–Crippen LogP) is 7.79. The molecule has 0 heterocycles. The van der Waals surface area contributed by atoms with Crippen LogP contribution in [0.2, 0.25) is 0 Å². The molecular formula is C47H76O17P2. The summed E-state index contributed by atoms with van der Waals surface area (Å²) in [5.41, 5.74) is 0. The van der Waals surface area contributed by atoms with Gasteiger partial charge < -0.3 is 44.6 Å². The minimum absolute atomic E-state index is 0.0436. The van der Waals surface area contributed by atoms with Crippen molar-refractivity contribution in [3.63, 3.8) is 0 Å². The van der Waals surface area contributed by atoms with Crippen LogP contribution < -0.4 is 0 Å². The number of esters is 2. The number of rotatable bonds is 37. The van der Waals surface area contributed by atoms with Gasteiger partial charge in [-0.25, -0.2) is 9.13 Å². The lowest BCUT2D eigenvalue weighted by Gasteiger charge is -2.43. The first-order valence-corrected chi connectivity index (χ1v) is 26.1. The van der Waals surface area contributed by atoms with Gasteiger partial charge in [0.05, 0.1) is 6.61 Å². The van der Waals surface area contributed by atoms with Crippen molar-refractivity contribution in [2.45, 2.75) is 179 Å². The van der Waals surface area contributed by atoms with E-state index in [-0.39, 0.29) is 18.6 Å². The Morgan fingerprint density at radius 2 is 1.02 bits per heavy atom. The standard InChI is InChI=1S/C47H76O17P2/c1-3-5-7-8-9-10-11-12-13-14-17-20-23-26-30-34-40(49)60-36-39(37-61-66(58,59)64-47-44(53)42(51)43(52)46(45(47)54)63-65(55,56)57)62-41(50)35-31-27-24-21-18-15-16-19-22-25-29-33-38(48)32-28-6-4-2/h9-10,12-13,15-17,20-22,24-25,29,33,39,42-47,51-54H,3-8,11,14,18-19,23,26-28,30-32,34-37H2,1-2H3,(H,58,59)(H2,55,56,57)/b10-9-,13-12-,16-15-,20-17-,24-21-,25-22-,33-29+/t39-,42?,43?,44?,45?,46-,47+/m1/s1. The second-order valence-electron chi connectivity index (χ2n) is 15.8. The van der Waals surface area contributed by atoms with Crippen molar-refractivity contribution < 1.29 is 81.7 Å². The zero-order chi connectivity index (χ0) is 49.1. The average Bonchev–Trinajstić information content (AvgIpc) is 3.26. The molecule has 0 radical (unpaired) electrons. The van der Waals surface area contributed by atoms with Crippen molar-refractivity contribution in [1.29, 1.82) is 0 Å². The molecule has 0 aromatic heterocycles. The number of ketones is 1. The molecule has 1 fully saturated rings. The number of hydrogen-bond donors (Lipinski definition) is 7. The molecule has 0 bridgehead atoms. The third kappa shape index (κ3) is 31.0. The van der Waals surface area contributed by atoms with Gasteiger partial charge in [-0.3, -0.25) is 28.0 Å². The Kier molecular flexibility index (Phi) is 34.0. The highest BCUT2D eigenvalue weighted by atomic mass is 31.2. The van der Waals surface area contributed by atoms with Gasteiger partial charge in [-0.05, 0) is 83.1 Å². The van der Waals surface area contributed by atoms with Crippen molar-refractivity contribution in [3.05, 3.63) is 85.1 Å². The molecule has 17 nitrogen and oxygen atoms in total. The SMILES string of the molecule is CCCCC/C=C\C/C=C\C/C=C\CCCCC(=O)OC[C@H](COP(=O)(O)O[C@H]1C(O)C(O)C(O)[C@@H](OP(=O)(O)O)C1O)OC(=O)CCC/C=C\C/C=C\C/C=C\C=C\C(=O)CCCCC. The van der Waals surface area contributed by atoms with Crippen LogP contribution in [0.5, 0.6) is 0 Å². The first-order valence-electron chi connectivity index (χ1n) is 23.1. The average molecular weight is 975 g/mol. The van der Waals surface area contributed by atoms with Crippen LogP contribution in [0, 0.1) is 0 Å². The molecule has 1 aliphatic carbocycles. The number of allylic oxidation sites excluding steroid dienone is 14. The summed E-state index contributed by atoms with van der Waals surface area (Å²) in [7, 11) is -10.7. The monoisotopic (exact) mass is 974 g/mol. The molecule has 0 aromatic rings. The van der Waals surface area contributed by atoms with Crippen molar-refractivity contribution >= 4 is 33.4 Å². The maximum absolute atomic E-state index is 13.0. The van der Waals surface area contributed by atoms with Gasteiger partial charge >= 0.3 is 27.6 Å². The number of carbonyl (C=O) groups is 3. The summed E-state index contributed by atoms with van der Waals surface area (Å²) in [5.74, 6) is -1.24. The van der Waals surface area contributed by atoms with Crippen LogP contribution in [-0.2, 0) is 46.6 Å². The van der Waals surface area contributed by atoms with Crippen LogP contribution in [0.25, 0.3) is 0 Å². The molecule has 0 saturated heterocycles. The Bertz CT molecular complexity index is 1670. The largest absolute Gasteiger partial charge is 0.472 e. The summed E-state index contributed by atoms with van der Waals surface area (Å²) < 4.78 is 49.2. The van der Waals surface area contributed by atoms with E-state index in [1.807, 2.05) is 42.5 Å². The Hall–Kier alpha value is -3.15. The highest BCUT2D eigenvalue weighted by Crippen LogP contribution is 2.49. The van der Waals surface area contributed by atoms with Crippen LogP contribution in [0.15, 0.2) is 85.1 Å². The molecule has 66 heavy (non-hydrogen) atoms. The van der Waals surface area contributed by atoms with Crippen molar-refractivity contribution in [2.24, 2.45) is 0 Å². The smallest absolute Gasteiger partial charge is 0.462 e. The van der Waals surface area contributed by atoms with Gasteiger partial charge in [0.25, 0.3) is 0 Å². The maximum atomic E-state index is 13.0. The molecule has 19 heteroatoms. The van der Waals surface area contributed by atoms with E-state index in [0.29, 0.717) is 44.9 Å². The second kappa shape index (κ2) is 36.8. The second-order valence-corrected chi connectivity index (χ2v) is 18.4. The lowest BCUT2D eigenvalue weighted by atomic mass is 9.85. The first-order chi connectivity index (χ1) is 31.5. The zero-order valence-corrected chi connectivity index (χ0v) is 40.4. The molecule has 0 amide bonds. The number of aliphatic hydroxyl groups is 4. The molecule has 1 saturated carbocycles. The lowest BCUT2D eigenvalue weighted by Crippen LogP contribution is -2.64. The third-order valence-electron chi connectivity index (χ3n) is 9.92. The Labute approximate surface area is 390 Å². The molecule has 376 valence electrons. The Morgan fingerprint density at radius 1 is 0.530 bits per heavy atom. The van der Waals surface area contributed by atoms with E-state index in [2.05, 4.69) is 48.8 Å². The third-order valence-corrected chi connectivity index (χ3v) is 11.4. The fraction of sp³-hybridized carbons (Fsp3) is 0.638. The molecule has 5 unspecified atom stereocenters. The van der Waals surface area contributed by atoms with Gasteiger partial charge in [-0.15, -0.1) is 0 Å². The molecule has 1 rings (SSSR count). The van der Waals surface area contributed by atoms with Crippen LogP contribution >= 0.6 is 15.6 Å².